The Morgan fingerprint density at radius 2 is 2.18 bits per heavy atom. The highest BCUT2D eigenvalue weighted by atomic mass is 35.5. The van der Waals surface area contributed by atoms with E-state index in [9.17, 15) is 0 Å². The molecule has 0 aliphatic heterocycles. The summed E-state index contributed by atoms with van der Waals surface area (Å²) in [6, 6.07) is 7.40. The lowest BCUT2D eigenvalue weighted by molar-refractivity contribution is 0.528. The topological polar surface area (TPSA) is 38.9 Å². The Morgan fingerprint density at radius 1 is 1.35 bits per heavy atom. The van der Waals surface area contributed by atoms with E-state index in [1.807, 2.05) is 24.3 Å². The van der Waals surface area contributed by atoms with E-state index < -0.39 is 0 Å². The van der Waals surface area contributed by atoms with Crippen LogP contribution in [0.2, 0.25) is 5.02 Å². The molecule has 17 heavy (non-hydrogen) atoms. The minimum absolute atomic E-state index is 0.520. The van der Waals surface area contributed by atoms with Crippen molar-refractivity contribution in [1.82, 2.24) is 10.2 Å². The second-order valence-corrected chi connectivity index (χ2v) is 5.87. The highest BCUT2D eigenvalue weighted by Gasteiger charge is 2.09. The molecule has 0 unspecified atom stereocenters. The first-order valence-electron chi connectivity index (χ1n) is 5.35. The maximum Gasteiger partial charge on any atom is 0.247 e. The van der Waals surface area contributed by atoms with Crippen LogP contribution in [0, 0.1) is 0 Å². The zero-order valence-electron chi connectivity index (χ0n) is 9.68. The number of nitrogens with zero attached hydrogens (tertiary/aromatic N) is 2. The molecule has 0 saturated heterocycles. The van der Waals surface area contributed by atoms with Crippen molar-refractivity contribution in [2.45, 2.75) is 24.9 Å². The summed E-state index contributed by atoms with van der Waals surface area (Å²) < 4.78 is 5.57. The Balaban J connectivity index is 2.12. The van der Waals surface area contributed by atoms with Crippen LogP contribution in [0.15, 0.2) is 28.7 Å². The first-order chi connectivity index (χ1) is 8.15. The lowest BCUT2D eigenvalue weighted by Crippen LogP contribution is -1.88. The van der Waals surface area contributed by atoms with E-state index in [2.05, 4.69) is 24.0 Å². The van der Waals surface area contributed by atoms with Gasteiger partial charge in [0.1, 0.15) is 0 Å². The van der Waals surface area contributed by atoms with Gasteiger partial charge in [-0.05, 0) is 23.4 Å². The molecule has 0 bridgehead atoms. The van der Waals surface area contributed by atoms with E-state index in [-0.39, 0.29) is 0 Å². The third kappa shape index (κ3) is 3.48. The molecule has 0 amide bonds. The van der Waals surface area contributed by atoms with Crippen LogP contribution in [-0.4, -0.2) is 15.4 Å². The summed E-state index contributed by atoms with van der Waals surface area (Å²) in [6.07, 6.45) is 0. The molecule has 90 valence electrons. The second-order valence-electron chi connectivity index (χ2n) is 3.87. The minimum Gasteiger partial charge on any atom is -0.420 e. The number of benzene rings is 1. The molecule has 1 aromatic heterocycles. The van der Waals surface area contributed by atoms with Crippen LogP contribution in [0.25, 0.3) is 11.5 Å². The molecule has 0 saturated carbocycles. The smallest absolute Gasteiger partial charge is 0.247 e. The lowest BCUT2D eigenvalue weighted by Gasteiger charge is -1.99. The number of rotatable bonds is 4. The van der Waals surface area contributed by atoms with E-state index in [1.54, 1.807) is 11.8 Å². The van der Waals surface area contributed by atoms with E-state index in [0.29, 0.717) is 22.1 Å². The molecule has 3 nitrogen and oxygen atoms in total. The van der Waals surface area contributed by atoms with Crippen molar-refractivity contribution in [3.63, 3.8) is 0 Å². The maximum absolute atomic E-state index is 5.91. The normalized spacial score (nSPS) is 11.1. The summed E-state index contributed by atoms with van der Waals surface area (Å²) in [5, 5.41) is 9.25. The van der Waals surface area contributed by atoms with E-state index in [1.165, 1.54) is 0 Å². The number of halogens is 1. The first kappa shape index (κ1) is 12.5. The third-order valence-electron chi connectivity index (χ3n) is 2.08. The Bertz CT molecular complexity index is 499. The molecule has 2 rings (SSSR count). The molecular weight excluding hydrogens is 256 g/mol. The SMILES string of the molecule is CC(C)SCc1nnc(-c2cccc(Cl)c2)o1. The van der Waals surface area contributed by atoms with Crippen molar-refractivity contribution >= 4 is 23.4 Å². The minimum atomic E-state index is 0.520. The van der Waals surface area contributed by atoms with E-state index >= 15 is 0 Å². The molecule has 0 N–H and O–H groups in total. The largest absolute Gasteiger partial charge is 0.420 e. The fourth-order valence-electron chi connectivity index (χ4n) is 1.29. The van der Waals surface area contributed by atoms with Gasteiger partial charge in [0.05, 0.1) is 5.75 Å². The van der Waals surface area contributed by atoms with Crippen LogP contribution in [-0.2, 0) is 5.75 Å². The van der Waals surface area contributed by atoms with Gasteiger partial charge in [-0.2, -0.15) is 0 Å². The van der Waals surface area contributed by atoms with Gasteiger partial charge in [0, 0.05) is 10.6 Å². The molecular formula is C12H13ClN2OS. The fraction of sp³-hybridized carbons (Fsp3) is 0.333. The van der Waals surface area contributed by atoms with Gasteiger partial charge in [-0.1, -0.05) is 31.5 Å². The van der Waals surface area contributed by atoms with E-state index in [0.717, 1.165) is 11.3 Å². The molecule has 0 aliphatic carbocycles. The van der Waals surface area contributed by atoms with Gasteiger partial charge in [-0.3, -0.25) is 0 Å². The fourth-order valence-corrected chi connectivity index (χ4v) is 2.07. The Morgan fingerprint density at radius 3 is 2.88 bits per heavy atom. The van der Waals surface area contributed by atoms with Crippen molar-refractivity contribution in [1.29, 1.82) is 0 Å². The van der Waals surface area contributed by atoms with Gasteiger partial charge in [-0.25, -0.2) is 0 Å². The number of hydrogen-bond acceptors (Lipinski definition) is 4. The molecule has 1 heterocycles. The molecule has 2 aromatic rings. The van der Waals surface area contributed by atoms with Crippen LogP contribution in [0.4, 0.5) is 0 Å². The zero-order valence-corrected chi connectivity index (χ0v) is 11.3. The van der Waals surface area contributed by atoms with Gasteiger partial charge in [-0.15, -0.1) is 22.0 Å². The summed E-state index contributed by atoms with van der Waals surface area (Å²) in [7, 11) is 0. The highest BCUT2D eigenvalue weighted by Crippen LogP contribution is 2.23. The first-order valence-corrected chi connectivity index (χ1v) is 6.78. The maximum atomic E-state index is 5.91. The summed E-state index contributed by atoms with van der Waals surface area (Å²) >= 11 is 7.68. The van der Waals surface area contributed by atoms with Crippen LogP contribution in [0.1, 0.15) is 19.7 Å². The monoisotopic (exact) mass is 268 g/mol. The van der Waals surface area contributed by atoms with E-state index in [4.69, 9.17) is 16.0 Å². The second kappa shape index (κ2) is 5.56. The molecule has 1 aromatic carbocycles. The van der Waals surface area contributed by atoms with Crippen molar-refractivity contribution in [2.24, 2.45) is 0 Å². The zero-order chi connectivity index (χ0) is 12.3. The van der Waals surface area contributed by atoms with Gasteiger partial charge in [0.25, 0.3) is 0 Å². The average molecular weight is 269 g/mol. The standard InChI is InChI=1S/C12H13ClN2OS/c1-8(2)17-7-11-14-15-12(16-11)9-4-3-5-10(13)6-9/h3-6,8H,7H2,1-2H3. The lowest BCUT2D eigenvalue weighted by atomic mass is 10.2. The van der Waals surface area contributed by atoms with Gasteiger partial charge in [0.15, 0.2) is 0 Å². The van der Waals surface area contributed by atoms with Crippen LogP contribution >= 0.6 is 23.4 Å². The summed E-state index contributed by atoms with van der Waals surface area (Å²) in [4.78, 5) is 0. The van der Waals surface area contributed by atoms with Gasteiger partial charge >= 0.3 is 0 Å². The van der Waals surface area contributed by atoms with Crippen molar-refractivity contribution in [3.8, 4) is 11.5 Å². The number of aromatic nitrogens is 2. The Hall–Kier alpha value is -1.00. The summed E-state index contributed by atoms with van der Waals surface area (Å²) in [6.45, 7) is 4.28. The predicted octanol–water partition coefficient (Wildman–Crippen LogP) is 4.03. The molecule has 0 radical (unpaired) electrons. The third-order valence-corrected chi connectivity index (χ3v) is 3.39. The molecule has 5 heteroatoms. The van der Waals surface area contributed by atoms with Gasteiger partial charge < -0.3 is 4.42 Å². The van der Waals surface area contributed by atoms with Gasteiger partial charge in [0.2, 0.25) is 11.8 Å². The predicted molar refractivity (Wildman–Crippen MR) is 71.2 cm³/mol. The molecule has 0 atom stereocenters. The highest BCUT2D eigenvalue weighted by molar-refractivity contribution is 7.99. The van der Waals surface area contributed by atoms with Crippen molar-refractivity contribution < 1.29 is 4.42 Å². The molecule has 0 aliphatic rings. The van der Waals surface area contributed by atoms with Crippen LogP contribution in [0.5, 0.6) is 0 Å². The average Bonchev–Trinajstić information content (AvgIpc) is 2.75. The molecule has 0 spiro atoms. The van der Waals surface area contributed by atoms with Crippen LogP contribution < -0.4 is 0 Å². The van der Waals surface area contributed by atoms with Crippen LogP contribution in [0.3, 0.4) is 0 Å². The number of thioether (sulfide) groups is 1. The summed E-state index contributed by atoms with van der Waals surface area (Å²) in [5.74, 6) is 1.91. The Labute approximate surface area is 110 Å². The summed E-state index contributed by atoms with van der Waals surface area (Å²) in [5.41, 5.74) is 0.853. The quantitative estimate of drug-likeness (QED) is 0.839. The van der Waals surface area contributed by atoms with Crippen molar-refractivity contribution in [2.75, 3.05) is 0 Å². The number of hydrogen-bond donors (Lipinski definition) is 0. The Kier molecular flexibility index (Phi) is 4.07. The molecule has 0 fully saturated rings. The van der Waals surface area contributed by atoms with Crippen molar-refractivity contribution in [3.05, 3.63) is 35.2 Å².